The lowest BCUT2D eigenvalue weighted by Gasteiger charge is -2.15. The van der Waals surface area contributed by atoms with Gasteiger partial charge in [0.2, 0.25) is 5.88 Å². The Labute approximate surface area is 91.7 Å². The van der Waals surface area contributed by atoms with Crippen LogP contribution in [0.1, 0.15) is 32.3 Å². The molecule has 0 aliphatic heterocycles. The van der Waals surface area contributed by atoms with Crippen molar-refractivity contribution in [2.45, 2.75) is 26.7 Å². The average Bonchev–Trinajstić information content (AvgIpc) is 2.25. The van der Waals surface area contributed by atoms with E-state index in [0.717, 1.165) is 11.4 Å². The maximum Gasteiger partial charge on any atom is 0.216 e. The Kier molecular flexibility index (Phi) is 4.56. The highest BCUT2D eigenvalue weighted by molar-refractivity contribution is 5.29. The topological polar surface area (TPSA) is 48.1 Å². The van der Waals surface area contributed by atoms with Crippen molar-refractivity contribution in [3.8, 4) is 5.88 Å². The molecule has 0 aliphatic carbocycles. The number of hydrogen-bond acceptors (Lipinski definition) is 3. The first-order valence-corrected chi connectivity index (χ1v) is 5.43. The fourth-order valence-electron chi connectivity index (χ4n) is 1.27. The molecule has 3 heteroatoms. The van der Waals surface area contributed by atoms with E-state index in [4.69, 9.17) is 10.5 Å². The number of ether oxygens (including phenoxy) is 1. The lowest BCUT2D eigenvalue weighted by Crippen LogP contribution is -2.13. The quantitative estimate of drug-likeness (QED) is 0.806. The van der Waals surface area contributed by atoms with Gasteiger partial charge in [0.15, 0.2) is 0 Å². The van der Waals surface area contributed by atoms with Crippen molar-refractivity contribution in [1.82, 2.24) is 4.98 Å². The first-order chi connectivity index (χ1) is 7.15. The standard InChI is InChI=1S/C12H20N2O/c1-9(2)8-15-12-11(10(3)7-13)5-4-6-14-12/h4-6,9-10H,7-8,13H2,1-3H3. The summed E-state index contributed by atoms with van der Waals surface area (Å²) in [7, 11) is 0. The van der Waals surface area contributed by atoms with Crippen LogP contribution in [0.4, 0.5) is 0 Å². The molecule has 0 aromatic carbocycles. The van der Waals surface area contributed by atoms with Crippen LogP contribution in [0.25, 0.3) is 0 Å². The lowest BCUT2D eigenvalue weighted by atomic mass is 10.0. The van der Waals surface area contributed by atoms with Crippen molar-refractivity contribution in [2.75, 3.05) is 13.2 Å². The molecule has 0 aliphatic rings. The van der Waals surface area contributed by atoms with Crippen LogP contribution in [-0.2, 0) is 0 Å². The molecular formula is C12H20N2O. The molecule has 84 valence electrons. The van der Waals surface area contributed by atoms with Crippen LogP contribution >= 0.6 is 0 Å². The highest BCUT2D eigenvalue weighted by atomic mass is 16.5. The molecule has 15 heavy (non-hydrogen) atoms. The van der Waals surface area contributed by atoms with Crippen LogP contribution in [0.3, 0.4) is 0 Å². The van der Waals surface area contributed by atoms with Crippen LogP contribution in [0.5, 0.6) is 5.88 Å². The Bertz CT molecular complexity index is 299. The first-order valence-electron chi connectivity index (χ1n) is 5.43. The van der Waals surface area contributed by atoms with Gasteiger partial charge in [0.05, 0.1) is 6.61 Å². The van der Waals surface area contributed by atoms with Crippen LogP contribution < -0.4 is 10.5 Å². The predicted octanol–water partition coefficient (Wildman–Crippen LogP) is 2.18. The molecule has 3 nitrogen and oxygen atoms in total. The molecule has 0 radical (unpaired) electrons. The second-order valence-corrected chi connectivity index (χ2v) is 4.24. The van der Waals surface area contributed by atoms with E-state index in [1.807, 2.05) is 12.1 Å². The number of pyridine rings is 1. The third kappa shape index (κ3) is 3.51. The van der Waals surface area contributed by atoms with Crippen molar-refractivity contribution in [3.05, 3.63) is 23.9 Å². The van der Waals surface area contributed by atoms with E-state index in [1.54, 1.807) is 6.20 Å². The summed E-state index contributed by atoms with van der Waals surface area (Å²) in [6.45, 7) is 7.63. The van der Waals surface area contributed by atoms with E-state index in [2.05, 4.69) is 25.8 Å². The molecule has 1 rings (SSSR count). The fraction of sp³-hybridized carbons (Fsp3) is 0.583. The number of hydrogen-bond donors (Lipinski definition) is 1. The third-order valence-corrected chi connectivity index (χ3v) is 2.24. The van der Waals surface area contributed by atoms with Crippen LogP contribution in [0, 0.1) is 5.92 Å². The maximum atomic E-state index is 5.65. The van der Waals surface area contributed by atoms with E-state index in [9.17, 15) is 0 Å². The number of nitrogens with zero attached hydrogens (tertiary/aromatic N) is 1. The highest BCUT2D eigenvalue weighted by Gasteiger charge is 2.11. The Balaban J connectivity index is 2.77. The predicted molar refractivity (Wildman–Crippen MR) is 62.0 cm³/mol. The summed E-state index contributed by atoms with van der Waals surface area (Å²) in [6.07, 6.45) is 1.75. The molecule has 0 spiro atoms. The van der Waals surface area contributed by atoms with Gasteiger partial charge < -0.3 is 10.5 Å². The smallest absolute Gasteiger partial charge is 0.216 e. The van der Waals surface area contributed by atoms with Crippen molar-refractivity contribution in [2.24, 2.45) is 11.7 Å². The first kappa shape index (κ1) is 12.0. The fourth-order valence-corrected chi connectivity index (χ4v) is 1.27. The second-order valence-electron chi connectivity index (χ2n) is 4.24. The minimum atomic E-state index is 0.292. The van der Waals surface area contributed by atoms with Crippen molar-refractivity contribution in [1.29, 1.82) is 0 Å². The van der Waals surface area contributed by atoms with Gasteiger partial charge in [0, 0.05) is 11.8 Å². The van der Waals surface area contributed by atoms with E-state index in [0.29, 0.717) is 25.0 Å². The minimum absolute atomic E-state index is 0.292. The summed E-state index contributed by atoms with van der Waals surface area (Å²) >= 11 is 0. The maximum absolute atomic E-state index is 5.65. The van der Waals surface area contributed by atoms with Gasteiger partial charge in [-0.25, -0.2) is 4.98 Å². The molecule has 0 bridgehead atoms. The molecule has 0 saturated heterocycles. The van der Waals surface area contributed by atoms with E-state index in [1.165, 1.54) is 0 Å². The minimum Gasteiger partial charge on any atom is -0.477 e. The van der Waals surface area contributed by atoms with Crippen molar-refractivity contribution >= 4 is 0 Å². The van der Waals surface area contributed by atoms with Gasteiger partial charge in [-0.3, -0.25) is 0 Å². The number of nitrogens with two attached hydrogens (primary N) is 1. The summed E-state index contributed by atoms with van der Waals surface area (Å²) in [5.41, 5.74) is 6.74. The largest absolute Gasteiger partial charge is 0.477 e. The van der Waals surface area contributed by atoms with Gasteiger partial charge in [0.1, 0.15) is 0 Å². The third-order valence-electron chi connectivity index (χ3n) is 2.24. The molecule has 1 aromatic rings. The van der Waals surface area contributed by atoms with Gasteiger partial charge >= 0.3 is 0 Å². The van der Waals surface area contributed by atoms with E-state index in [-0.39, 0.29) is 0 Å². The Hall–Kier alpha value is -1.09. The van der Waals surface area contributed by atoms with E-state index < -0.39 is 0 Å². The molecule has 1 heterocycles. The highest BCUT2D eigenvalue weighted by Crippen LogP contribution is 2.23. The normalized spacial score (nSPS) is 12.9. The molecule has 0 amide bonds. The van der Waals surface area contributed by atoms with Gasteiger partial charge in [-0.15, -0.1) is 0 Å². The summed E-state index contributed by atoms with van der Waals surface area (Å²) in [4.78, 5) is 4.24. The van der Waals surface area contributed by atoms with Gasteiger partial charge in [-0.05, 0) is 24.4 Å². The lowest BCUT2D eigenvalue weighted by molar-refractivity contribution is 0.257. The van der Waals surface area contributed by atoms with Crippen LogP contribution in [-0.4, -0.2) is 18.1 Å². The zero-order chi connectivity index (χ0) is 11.3. The van der Waals surface area contributed by atoms with Gasteiger partial charge in [-0.1, -0.05) is 26.8 Å². The van der Waals surface area contributed by atoms with Gasteiger partial charge in [0.25, 0.3) is 0 Å². The van der Waals surface area contributed by atoms with Crippen molar-refractivity contribution < 1.29 is 4.74 Å². The zero-order valence-electron chi connectivity index (χ0n) is 9.73. The second kappa shape index (κ2) is 5.71. The SMILES string of the molecule is CC(C)COc1ncccc1C(C)CN. The summed E-state index contributed by atoms with van der Waals surface area (Å²) < 4.78 is 5.65. The molecule has 0 saturated carbocycles. The molecule has 2 N–H and O–H groups in total. The van der Waals surface area contributed by atoms with Crippen LogP contribution in [0.15, 0.2) is 18.3 Å². The number of aromatic nitrogens is 1. The zero-order valence-corrected chi connectivity index (χ0v) is 9.73. The van der Waals surface area contributed by atoms with E-state index >= 15 is 0 Å². The molecule has 1 atom stereocenters. The molecule has 1 unspecified atom stereocenters. The summed E-state index contributed by atoms with van der Waals surface area (Å²) in [5.74, 6) is 1.53. The summed E-state index contributed by atoms with van der Waals surface area (Å²) in [5, 5.41) is 0. The Morgan fingerprint density at radius 2 is 2.13 bits per heavy atom. The van der Waals surface area contributed by atoms with Crippen molar-refractivity contribution in [3.63, 3.8) is 0 Å². The molecule has 0 fully saturated rings. The average molecular weight is 208 g/mol. The van der Waals surface area contributed by atoms with Crippen LogP contribution in [0.2, 0.25) is 0 Å². The Morgan fingerprint density at radius 1 is 1.40 bits per heavy atom. The monoisotopic (exact) mass is 208 g/mol. The number of rotatable bonds is 5. The Morgan fingerprint density at radius 3 is 2.73 bits per heavy atom. The summed E-state index contributed by atoms with van der Waals surface area (Å²) in [6, 6.07) is 3.95. The molecular weight excluding hydrogens is 188 g/mol. The van der Waals surface area contributed by atoms with Gasteiger partial charge in [-0.2, -0.15) is 0 Å². The molecule has 1 aromatic heterocycles.